The van der Waals surface area contributed by atoms with Crippen LogP contribution in [0.4, 0.5) is 0 Å². The lowest BCUT2D eigenvalue weighted by Crippen LogP contribution is -2.13. The van der Waals surface area contributed by atoms with E-state index >= 15 is 0 Å². The highest BCUT2D eigenvalue weighted by Gasteiger charge is 2.17. The van der Waals surface area contributed by atoms with E-state index < -0.39 is 16.0 Å². The first-order chi connectivity index (χ1) is 8.01. The number of benzene rings is 1. The van der Waals surface area contributed by atoms with Crippen LogP contribution in [0.2, 0.25) is 0 Å². The van der Waals surface area contributed by atoms with E-state index in [1.54, 1.807) is 0 Å². The van der Waals surface area contributed by atoms with Crippen molar-refractivity contribution in [2.75, 3.05) is 0 Å². The molecule has 8 heteroatoms. The lowest BCUT2D eigenvalue weighted by atomic mass is 10.2. The van der Waals surface area contributed by atoms with Gasteiger partial charge >= 0.3 is 5.97 Å². The predicted octanol–water partition coefficient (Wildman–Crippen LogP) is 0.213. The summed E-state index contributed by atoms with van der Waals surface area (Å²) >= 11 is 0. The summed E-state index contributed by atoms with van der Waals surface area (Å²) in [4.78, 5) is 14.1. The number of aromatic nitrogens is 3. The average Bonchev–Trinajstić information content (AvgIpc) is 2.83. The Hall–Kier alpha value is -2.22. The maximum Gasteiger partial charge on any atom is 0.335 e. The lowest BCUT2D eigenvalue weighted by molar-refractivity contribution is 0.0697. The van der Waals surface area contributed by atoms with E-state index in [1.165, 1.54) is 24.3 Å². The topological polar surface area (TPSA) is 102 Å². The molecule has 0 aliphatic carbocycles. The largest absolute Gasteiger partial charge is 0.478 e. The van der Waals surface area contributed by atoms with Gasteiger partial charge < -0.3 is 5.11 Å². The van der Waals surface area contributed by atoms with E-state index in [1.807, 2.05) is 0 Å². The molecule has 0 fully saturated rings. The van der Waals surface area contributed by atoms with E-state index in [9.17, 15) is 13.2 Å². The minimum Gasteiger partial charge on any atom is -0.478 e. The molecule has 0 saturated carbocycles. The molecule has 1 N–H and O–H groups in total. The van der Waals surface area contributed by atoms with Crippen LogP contribution >= 0.6 is 0 Å². The van der Waals surface area contributed by atoms with Crippen molar-refractivity contribution >= 4 is 16.0 Å². The molecule has 0 aliphatic heterocycles. The van der Waals surface area contributed by atoms with Gasteiger partial charge in [0, 0.05) is 0 Å². The summed E-state index contributed by atoms with van der Waals surface area (Å²) in [6, 6.07) is 4.85. The predicted molar refractivity (Wildman–Crippen MR) is 56.0 cm³/mol. The fraction of sp³-hybridized carbons (Fsp3) is 0. The number of nitrogens with zero attached hydrogens (tertiary/aromatic N) is 3. The van der Waals surface area contributed by atoms with Crippen molar-refractivity contribution in [1.29, 1.82) is 0 Å². The molecule has 2 aromatic rings. The Kier molecular flexibility index (Phi) is 2.64. The van der Waals surface area contributed by atoms with Crippen LogP contribution in [0.25, 0.3) is 0 Å². The first kappa shape index (κ1) is 11.3. The monoisotopic (exact) mass is 253 g/mol. The third kappa shape index (κ3) is 2.02. The maximum atomic E-state index is 11.9. The van der Waals surface area contributed by atoms with Gasteiger partial charge in [0.15, 0.2) is 0 Å². The summed E-state index contributed by atoms with van der Waals surface area (Å²) in [7, 11) is -3.79. The molecule has 88 valence electrons. The zero-order valence-electron chi connectivity index (χ0n) is 8.39. The van der Waals surface area contributed by atoms with Crippen LogP contribution in [0.3, 0.4) is 0 Å². The fourth-order valence-electron chi connectivity index (χ4n) is 1.20. The molecule has 0 aliphatic rings. The second-order valence-electron chi connectivity index (χ2n) is 3.10. The quantitative estimate of drug-likeness (QED) is 0.839. The smallest absolute Gasteiger partial charge is 0.335 e. The summed E-state index contributed by atoms with van der Waals surface area (Å²) in [6.45, 7) is 0. The molecule has 0 radical (unpaired) electrons. The zero-order chi connectivity index (χ0) is 12.5. The Morgan fingerprint density at radius 3 is 2.35 bits per heavy atom. The summed E-state index contributed by atoms with van der Waals surface area (Å²) in [5, 5.41) is 12.2. The molecular formula is C9H7N3O4S. The van der Waals surface area contributed by atoms with Crippen LogP contribution in [0.15, 0.2) is 41.8 Å². The normalized spacial score (nSPS) is 11.3. The van der Waals surface area contributed by atoms with Crippen LogP contribution in [0.5, 0.6) is 0 Å². The fourth-order valence-corrected chi connectivity index (χ4v) is 2.24. The molecule has 0 amide bonds. The van der Waals surface area contributed by atoms with Gasteiger partial charge in [-0.3, -0.25) is 0 Å². The first-order valence-corrected chi connectivity index (χ1v) is 5.89. The van der Waals surface area contributed by atoms with Gasteiger partial charge in [-0.15, -0.1) is 9.19 Å². The molecule has 1 aromatic heterocycles. The molecule has 7 nitrogen and oxygen atoms in total. The van der Waals surface area contributed by atoms with Crippen molar-refractivity contribution in [2.24, 2.45) is 0 Å². The number of carboxylic acids is 1. The second kappa shape index (κ2) is 3.98. The van der Waals surface area contributed by atoms with Gasteiger partial charge in [0.05, 0.1) is 10.5 Å². The maximum absolute atomic E-state index is 11.9. The minimum absolute atomic E-state index is 0.0162. The van der Waals surface area contributed by atoms with Gasteiger partial charge in [-0.1, -0.05) is 0 Å². The van der Waals surface area contributed by atoms with Gasteiger partial charge in [0.2, 0.25) is 0 Å². The number of hydrogen-bond donors (Lipinski definition) is 1. The van der Waals surface area contributed by atoms with Gasteiger partial charge in [-0.25, -0.2) is 9.78 Å². The number of rotatable bonds is 3. The van der Waals surface area contributed by atoms with Crippen molar-refractivity contribution in [1.82, 2.24) is 14.2 Å². The van der Waals surface area contributed by atoms with Crippen molar-refractivity contribution in [3.05, 3.63) is 42.5 Å². The highest BCUT2D eigenvalue weighted by molar-refractivity contribution is 7.89. The van der Waals surface area contributed by atoms with E-state index in [4.69, 9.17) is 5.11 Å². The average molecular weight is 253 g/mol. The van der Waals surface area contributed by atoms with Gasteiger partial charge in [0.25, 0.3) is 10.0 Å². The molecule has 0 spiro atoms. The van der Waals surface area contributed by atoms with Gasteiger partial charge in [-0.05, 0) is 24.3 Å². The first-order valence-electron chi connectivity index (χ1n) is 4.45. The van der Waals surface area contributed by atoms with Crippen molar-refractivity contribution in [2.45, 2.75) is 4.90 Å². The van der Waals surface area contributed by atoms with Crippen molar-refractivity contribution in [3.63, 3.8) is 0 Å². The van der Waals surface area contributed by atoms with E-state index in [2.05, 4.69) is 10.1 Å². The van der Waals surface area contributed by atoms with E-state index in [0.29, 0.717) is 4.09 Å². The van der Waals surface area contributed by atoms with E-state index in [0.717, 1.165) is 12.7 Å². The third-order valence-corrected chi connectivity index (χ3v) is 3.59. The second-order valence-corrected chi connectivity index (χ2v) is 4.90. The van der Waals surface area contributed by atoms with Crippen LogP contribution in [-0.4, -0.2) is 33.7 Å². The summed E-state index contributed by atoms with van der Waals surface area (Å²) in [5.41, 5.74) is 0.0162. The minimum atomic E-state index is -3.79. The van der Waals surface area contributed by atoms with Gasteiger partial charge in [-0.2, -0.15) is 8.42 Å². The summed E-state index contributed by atoms with van der Waals surface area (Å²) in [5.74, 6) is -1.12. The molecule has 2 rings (SSSR count). The van der Waals surface area contributed by atoms with Crippen LogP contribution in [-0.2, 0) is 10.0 Å². The number of carbonyl (C=O) groups is 1. The van der Waals surface area contributed by atoms with Gasteiger partial charge in [0.1, 0.15) is 12.7 Å². The molecule has 0 saturated heterocycles. The highest BCUT2D eigenvalue weighted by atomic mass is 32.2. The van der Waals surface area contributed by atoms with Crippen LogP contribution in [0.1, 0.15) is 10.4 Å². The molecule has 1 aromatic carbocycles. The SMILES string of the molecule is O=C(O)c1ccc(S(=O)(=O)n2cncn2)cc1. The lowest BCUT2D eigenvalue weighted by Gasteiger charge is -2.03. The van der Waals surface area contributed by atoms with Crippen LogP contribution in [0, 0.1) is 0 Å². The Morgan fingerprint density at radius 2 is 1.88 bits per heavy atom. The molecule has 0 atom stereocenters. The van der Waals surface area contributed by atoms with Crippen molar-refractivity contribution in [3.8, 4) is 0 Å². The van der Waals surface area contributed by atoms with E-state index in [-0.39, 0.29) is 10.5 Å². The highest BCUT2D eigenvalue weighted by Crippen LogP contribution is 2.13. The molecule has 0 unspecified atom stereocenters. The summed E-state index contributed by atoms with van der Waals surface area (Å²) < 4.78 is 24.5. The number of aromatic carboxylic acids is 1. The Bertz CT molecular complexity index is 631. The zero-order valence-corrected chi connectivity index (χ0v) is 9.20. The Balaban J connectivity index is 2.45. The summed E-state index contributed by atoms with van der Waals surface area (Å²) in [6.07, 6.45) is 2.16. The third-order valence-electron chi connectivity index (χ3n) is 2.04. The standard InChI is InChI=1S/C9H7N3O4S/c13-9(14)7-1-3-8(4-2-7)17(15,16)12-6-10-5-11-12/h1-6H,(H,13,14). The number of carboxylic acid groups (broad SMARTS) is 1. The van der Waals surface area contributed by atoms with Crippen LogP contribution < -0.4 is 0 Å². The number of hydrogen-bond acceptors (Lipinski definition) is 5. The van der Waals surface area contributed by atoms with Crippen molar-refractivity contribution < 1.29 is 18.3 Å². The molecular weight excluding hydrogens is 246 g/mol. The molecule has 0 bridgehead atoms. The Morgan fingerprint density at radius 1 is 1.24 bits per heavy atom. The molecule has 17 heavy (non-hydrogen) atoms. The Labute approximate surface area is 96.4 Å². The molecule has 1 heterocycles.